The van der Waals surface area contributed by atoms with Crippen LogP contribution in [0.3, 0.4) is 0 Å². The minimum absolute atomic E-state index is 0. The summed E-state index contributed by atoms with van der Waals surface area (Å²) in [6.07, 6.45) is 0. The number of para-hydroxylation sites is 1. The Morgan fingerprint density at radius 1 is 1.17 bits per heavy atom. The number of carbonyl (C=O) groups is 1. The molecule has 0 aromatic heterocycles. The molecule has 18 heavy (non-hydrogen) atoms. The molecule has 100 valence electrons. The van der Waals surface area contributed by atoms with E-state index < -0.39 is 0 Å². The minimum Gasteiger partial charge on any atom is -0.324 e. The van der Waals surface area contributed by atoms with Gasteiger partial charge in [-0.25, -0.2) is 0 Å². The summed E-state index contributed by atoms with van der Waals surface area (Å²) in [5.41, 5.74) is 3.17. The van der Waals surface area contributed by atoms with Crippen LogP contribution in [0.25, 0.3) is 0 Å². The number of nitrogens with zero attached hydrogens (tertiary/aromatic N) is 1. The molecule has 0 heterocycles. The van der Waals surface area contributed by atoms with E-state index in [-0.39, 0.29) is 14.3 Å². The molecule has 1 N–H and O–H groups in total. The lowest BCUT2D eigenvalue weighted by atomic mass is 10.1. The normalized spacial score (nSPS) is 10.1. The summed E-state index contributed by atoms with van der Waals surface area (Å²) in [6.45, 7) is 10.4. The summed E-state index contributed by atoms with van der Waals surface area (Å²) in [5.74, 6) is 0.0612. The van der Waals surface area contributed by atoms with Crippen LogP contribution in [0.15, 0.2) is 18.2 Å². The van der Waals surface area contributed by atoms with Gasteiger partial charge >= 0.3 is 0 Å². The molecule has 0 atom stereocenters. The maximum absolute atomic E-state index is 11.9. The summed E-state index contributed by atoms with van der Waals surface area (Å²) in [6, 6.07) is 6.03. The van der Waals surface area contributed by atoms with E-state index in [1.807, 2.05) is 32.0 Å². The molecule has 0 aliphatic heterocycles. The van der Waals surface area contributed by atoms with Gasteiger partial charge in [0.05, 0.1) is 15.0 Å². The lowest BCUT2D eigenvalue weighted by molar-refractivity contribution is -0.117. The average molecular weight is 248 g/mol. The Labute approximate surface area is 112 Å². The number of hydrogen-bond donors (Lipinski definition) is 1. The molecule has 0 spiro atoms. The molecule has 0 unspecified atom stereocenters. The zero-order chi connectivity index (χ0) is 12.8. The Bertz CT molecular complexity index is 369. The van der Waals surface area contributed by atoms with Gasteiger partial charge in [-0.2, -0.15) is 0 Å². The van der Waals surface area contributed by atoms with E-state index in [4.69, 9.17) is 0 Å². The monoisotopic (exact) mass is 248 g/mol. The largest absolute Gasteiger partial charge is 0.324 e. The van der Waals surface area contributed by atoms with Gasteiger partial charge in [0.25, 0.3) is 0 Å². The molecule has 0 saturated carbocycles. The fraction of sp³-hybridized carbons (Fsp3) is 0.500. The standard InChI is InChI=1S/C14H22N2O.BH3/c1-5-16(6-2)10-13(17)15-14-11(3)8-7-9-12(14)4;/h7-9H,5-6,10H2,1-4H3,(H,15,17);1H3. The topological polar surface area (TPSA) is 32.3 Å². The smallest absolute Gasteiger partial charge is 0.238 e. The number of anilines is 1. The quantitative estimate of drug-likeness (QED) is 0.799. The van der Waals surface area contributed by atoms with Gasteiger partial charge in [0, 0.05) is 5.69 Å². The minimum atomic E-state index is 0. The van der Waals surface area contributed by atoms with Crippen LogP contribution < -0.4 is 5.32 Å². The zero-order valence-corrected chi connectivity index (χ0v) is 11.2. The molecule has 1 aromatic carbocycles. The van der Waals surface area contributed by atoms with E-state index >= 15 is 0 Å². The first kappa shape index (κ1) is 16.7. The average Bonchev–Trinajstić information content (AvgIpc) is 2.31. The van der Waals surface area contributed by atoms with Gasteiger partial charge in [-0.15, -0.1) is 0 Å². The van der Waals surface area contributed by atoms with Crippen LogP contribution in [0.5, 0.6) is 0 Å². The van der Waals surface area contributed by atoms with Crippen molar-refractivity contribution in [3.05, 3.63) is 29.3 Å². The summed E-state index contributed by atoms with van der Waals surface area (Å²) >= 11 is 0. The molecular weight excluding hydrogens is 223 g/mol. The molecule has 0 aliphatic rings. The second-order valence-electron chi connectivity index (χ2n) is 4.28. The predicted molar refractivity (Wildman–Crippen MR) is 82.3 cm³/mol. The molecule has 0 fully saturated rings. The summed E-state index contributed by atoms with van der Waals surface area (Å²) in [5, 5.41) is 3.00. The molecule has 4 heteroatoms. The maximum atomic E-state index is 11.9. The van der Waals surface area contributed by atoms with Crippen LogP contribution >= 0.6 is 0 Å². The maximum Gasteiger partial charge on any atom is 0.238 e. The van der Waals surface area contributed by atoms with E-state index in [2.05, 4.69) is 24.1 Å². The fourth-order valence-corrected chi connectivity index (χ4v) is 1.84. The highest BCUT2D eigenvalue weighted by atomic mass is 16.2. The number of hydrogen-bond acceptors (Lipinski definition) is 2. The second-order valence-corrected chi connectivity index (χ2v) is 4.28. The van der Waals surface area contributed by atoms with Gasteiger partial charge in [-0.1, -0.05) is 32.0 Å². The van der Waals surface area contributed by atoms with Crippen LogP contribution in [-0.2, 0) is 4.79 Å². The third-order valence-corrected chi connectivity index (χ3v) is 3.01. The molecular formula is C14H25BN2O. The highest BCUT2D eigenvalue weighted by Crippen LogP contribution is 2.19. The Morgan fingerprint density at radius 2 is 1.67 bits per heavy atom. The van der Waals surface area contributed by atoms with Crippen LogP contribution in [0.4, 0.5) is 5.69 Å². The number of carbonyl (C=O) groups excluding carboxylic acids is 1. The molecule has 1 aromatic rings. The van der Waals surface area contributed by atoms with Gasteiger partial charge < -0.3 is 5.32 Å². The highest BCUT2D eigenvalue weighted by Gasteiger charge is 2.09. The number of rotatable bonds is 5. The molecule has 0 aliphatic carbocycles. The van der Waals surface area contributed by atoms with Gasteiger partial charge in [0.2, 0.25) is 5.91 Å². The van der Waals surface area contributed by atoms with Crippen molar-refractivity contribution in [2.45, 2.75) is 27.7 Å². The summed E-state index contributed by atoms with van der Waals surface area (Å²) in [4.78, 5) is 14.0. The Kier molecular flexibility index (Phi) is 7.36. The first-order valence-corrected chi connectivity index (χ1v) is 6.16. The van der Waals surface area contributed by atoms with E-state index in [9.17, 15) is 4.79 Å². The first-order chi connectivity index (χ1) is 8.08. The Hall–Kier alpha value is -1.29. The van der Waals surface area contributed by atoms with Crippen molar-refractivity contribution < 1.29 is 4.79 Å². The Balaban J connectivity index is 0.00000289. The summed E-state index contributed by atoms with van der Waals surface area (Å²) in [7, 11) is 0. The molecule has 0 radical (unpaired) electrons. The Morgan fingerprint density at radius 3 is 2.11 bits per heavy atom. The molecule has 1 rings (SSSR count). The van der Waals surface area contributed by atoms with Crippen molar-refractivity contribution in [3.63, 3.8) is 0 Å². The van der Waals surface area contributed by atoms with Crippen LogP contribution in [-0.4, -0.2) is 38.9 Å². The van der Waals surface area contributed by atoms with E-state index in [0.717, 1.165) is 29.9 Å². The van der Waals surface area contributed by atoms with E-state index in [0.29, 0.717) is 6.54 Å². The second kappa shape index (κ2) is 7.93. The third kappa shape index (κ3) is 4.53. The first-order valence-electron chi connectivity index (χ1n) is 6.16. The van der Waals surface area contributed by atoms with Gasteiger partial charge in [-0.3, -0.25) is 9.69 Å². The van der Waals surface area contributed by atoms with E-state index in [1.165, 1.54) is 0 Å². The fourth-order valence-electron chi connectivity index (χ4n) is 1.84. The number of nitrogens with one attached hydrogen (secondary N) is 1. The van der Waals surface area contributed by atoms with Gasteiger partial charge in [0.15, 0.2) is 0 Å². The van der Waals surface area contributed by atoms with Gasteiger partial charge in [-0.05, 0) is 38.1 Å². The molecule has 1 amide bonds. The van der Waals surface area contributed by atoms with Crippen LogP contribution in [0.1, 0.15) is 25.0 Å². The number of likely N-dealkylation sites (N-methyl/N-ethyl adjacent to an activating group) is 1. The number of amides is 1. The van der Waals surface area contributed by atoms with Gasteiger partial charge in [0.1, 0.15) is 0 Å². The van der Waals surface area contributed by atoms with Crippen molar-refractivity contribution >= 4 is 20.0 Å². The van der Waals surface area contributed by atoms with Crippen LogP contribution in [0.2, 0.25) is 0 Å². The molecule has 0 saturated heterocycles. The third-order valence-electron chi connectivity index (χ3n) is 3.01. The zero-order valence-electron chi connectivity index (χ0n) is 11.2. The molecule has 0 bridgehead atoms. The number of benzene rings is 1. The summed E-state index contributed by atoms with van der Waals surface area (Å²) < 4.78 is 0. The van der Waals surface area contributed by atoms with Crippen molar-refractivity contribution in [2.75, 3.05) is 25.0 Å². The van der Waals surface area contributed by atoms with Crippen molar-refractivity contribution in [3.8, 4) is 0 Å². The predicted octanol–water partition coefficient (Wildman–Crippen LogP) is 1.40. The van der Waals surface area contributed by atoms with Crippen molar-refractivity contribution in [1.29, 1.82) is 0 Å². The lowest BCUT2D eigenvalue weighted by Gasteiger charge is -2.18. The van der Waals surface area contributed by atoms with Crippen LogP contribution in [0, 0.1) is 13.8 Å². The van der Waals surface area contributed by atoms with Crippen molar-refractivity contribution in [2.24, 2.45) is 0 Å². The molecule has 3 nitrogen and oxygen atoms in total. The van der Waals surface area contributed by atoms with Crippen molar-refractivity contribution in [1.82, 2.24) is 4.90 Å². The SMILES string of the molecule is B.CCN(CC)CC(=O)Nc1c(C)cccc1C. The highest BCUT2D eigenvalue weighted by molar-refractivity contribution is 5.93. The van der Waals surface area contributed by atoms with E-state index in [1.54, 1.807) is 0 Å². The number of aryl methyl sites for hydroxylation is 2. The lowest BCUT2D eigenvalue weighted by Crippen LogP contribution is -2.33.